The highest BCUT2D eigenvalue weighted by Crippen LogP contribution is 2.23. The molecule has 0 unspecified atom stereocenters. The van der Waals surface area contributed by atoms with E-state index in [1.807, 2.05) is 35.0 Å². The number of imidazole rings is 1. The number of hydrogen-bond acceptors (Lipinski definition) is 3. The Hall–Kier alpha value is -3.21. The summed E-state index contributed by atoms with van der Waals surface area (Å²) in [6.45, 7) is 1.24. The van der Waals surface area contributed by atoms with Crippen LogP contribution in [0.4, 0.5) is 0 Å². The maximum absolute atomic E-state index is 12.4. The summed E-state index contributed by atoms with van der Waals surface area (Å²) in [6.07, 6.45) is 9.27. The van der Waals surface area contributed by atoms with Crippen LogP contribution in [0, 0.1) is 0 Å². The van der Waals surface area contributed by atoms with Crippen molar-refractivity contribution in [3.8, 4) is 0 Å². The first kappa shape index (κ1) is 19.1. The molecule has 0 bridgehead atoms. The van der Waals surface area contributed by atoms with Gasteiger partial charge in [-0.1, -0.05) is 36.4 Å². The summed E-state index contributed by atoms with van der Waals surface area (Å²) >= 11 is 0. The third-order valence-corrected chi connectivity index (χ3v) is 5.44. The van der Waals surface area contributed by atoms with Gasteiger partial charge in [0, 0.05) is 43.9 Å². The van der Waals surface area contributed by atoms with Crippen molar-refractivity contribution in [2.75, 3.05) is 0 Å². The van der Waals surface area contributed by atoms with E-state index in [-0.39, 0.29) is 24.5 Å². The molecule has 0 fully saturated rings. The number of rotatable bonds is 8. The van der Waals surface area contributed by atoms with Crippen molar-refractivity contribution >= 4 is 11.7 Å². The number of nitrogens with zero attached hydrogens (tertiary/aromatic N) is 2. The van der Waals surface area contributed by atoms with Crippen molar-refractivity contribution in [1.29, 1.82) is 0 Å². The van der Waals surface area contributed by atoms with E-state index in [9.17, 15) is 9.59 Å². The Kier molecular flexibility index (Phi) is 5.84. The molecule has 0 saturated heterocycles. The highest BCUT2D eigenvalue weighted by molar-refractivity contribution is 5.98. The fourth-order valence-corrected chi connectivity index (χ4v) is 3.76. The first-order chi connectivity index (χ1) is 14.2. The molecule has 0 atom stereocenters. The van der Waals surface area contributed by atoms with Gasteiger partial charge in [-0.3, -0.25) is 9.59 Å². The summed E-state index contributed by atoms with van der Waals surface area (Å²) in [5.41, 5.74) is 5.59. The van der Waals surface area contributed by atoms with E-state index in [1.165, 1.54) is 23.1 Å². The topological polar surface area (TPSA) is 64.0 Å². The molecule has 3 aromatic rings. The lowest BCUT2D eigenvalue weighted by Gasteiger charge is -2.08. The normalized spacial score (nSPS) is 12.6. The minimum absolute atomic E-state index is 0.0405. The summed E-state index contributed by atoms with van der Waals surface area (Å²) in [7, 11) is 0. The van der Waals surface area contributed by atoms with Crippen LogP contribution >= 0.6 is 0 Å². The predicted octanol–water partition coefficient (Wildman–Crippen LogP) is 3.70. The van der Waals surface area contributed by atoms with E-state index in [0.29, 0.717) is 6.54 Å². The second-order valence-electron chi connectivity index (χ2n) is 7.59. The number of carbonyl (C=O) groups excluding carboxylic acids is 2. The minimum Gasteiger partial charge on any atom is -0.352 e. The summed E-state index contributed by atoms with van der Waals surface area (Å²) in [5.74, 6) is -0.0549. The Morgan fingerprint density at radius 2 is 1.76 bits per heavy atom. The average Bonchev–Trinajstić information content (AvgIpc) is 3.42. The Morgan fingerprint density at radius 3 is 2.55 bits per heavy atom. The number of Topliss-reactive ketones (excluding diaryl/α,β-unsaturated/α-hetero) is 1. The molecule has 0 saturated carbocycles. The molecule has 0 aliphatic heterocycles. The number of amides is 1. The number of fused-ring (bicyclic) bond motifs is 1. The molecule has 29 heavy (non-hydrogen) atoms. The van der Waals surface area contributed by atoms with Crippen LogP contribution in [-0.4, -0.2) is 21.2 Å². The maximum atomic E-state index is 12.4. The maximum Gasteiger partial charge on any atom is 0.220 e. The van der Waals surface area contributed by atoms with Gasteiger partial charge in [-0.2, -0.15) is 0 Å². The van der Waals surface area contributed by atoms with Crippen LogP contribution in [0.5, 0.6) is 0 Å². The smallest absolute Gasteiger partial charge is 0.220 e. The van der Waals surface area contributed by atoms with E-state index < -0.39 is 0 Å². The zero-order chi connectivity index (χ0) is 20.1. The van der Waals surface area contributed by atoms with Gasteiger partial charge >= 0.3 is 0 Å². The van der Waals surface area contributed by atoms with E-state index in [4.69, 9.17) is 0 Å². The number of benzene rings is 2. The second kappa shape index (κ2) is 8.86. The standard InChI is InChI=1S/C24H25N3O2/c28-23(22-9-8-20-2-1-3-21(20)14-22)10-11-24(29)26-15-18-4-6-19(7-5-18)16-27-13-12-25-17-27/h4-9,12-14,17H,1-3,10-11,15-16H2,(H,26,29). The molecule has 1 aliphatic rings. The molecule has 1 amide bonds. The highest BCUT2D eigenvalue weighted by Gasteiger charge is 2.14. The van der Waals surface area contributed by atoms with Gasteiger partial charge in [-0.15, -0.1) is 0 Å². The van der Waals surface area contributed by atoms with Crippen molar-refractivity contribution in [1.82, 2.24) is 14.9 Å². The van der Waals surface area contributed by atoms with E-state index >= 15 is 0 Å². The lowest BCUT2D eigenvalue weighted by molar-refractivity contribution is -0.121. The Balaban J connectivity index is 1.22. The van der Waals surface area contributed by atoms with Crippen LogP contribution in [0.3, 0.4) is 0 Å². The molecule has 148 valence electrons. The molecule has 1 aliphatic carbocycles. The van der Waals surface area contributed by atoms with Crippen molar-refractivity contribution in [3.05, 3.63) is 89.0 Å². The van der Waals surface area contributed by atoms with Crippen LogP contribution < -0.4 is 5.32 Å². The summed E-state index contributed by atoms with van der Waals surface area (Å²) in [4.78, 5) is 28.6. The van der Waals surface area contributed by atoms with E-state index in [1.54, 1.807) is 12.5 Å². The van der Waals surface area contributed by atoms with Crippen molar-refractivity contribution in [3.63, 3.8) is 0 Å². The van der Waals surface area contributed by atoms with Crippen LogP contribution in [0.15, 0.2) is 61.2 Å². The summed E-state index contributed by atoms with van der Waals surface area (Å²) in [5, 5.41) is 2.91. The number of hydrogen-bond donors (Lipinski definition) is 1. The van der Waals surface area contributed by atoms with Crippen molar-refractivity contribution < 1.29 is 9.59 Å². The largest absolute Gasteiger partial charge is 0.352 e. The SMILES string of the molecule is O=C(CCC(=O)c1ccc2c(c1)CCC2)NCc1ccc(Cn2ccnc2)cc1. The molecule has 0 spiro atoms. The molecular weight excluding hydrogens is 362 g/mol. The Bertz CT molecular complexity index is 991. The fraction of sp³-hybridized carbons (Fsp3) is 0.292. The van der Waals surface area contributed by atoms with Gasteiger partial charge in [0.1, 0.15) is 0 Å². The monoisotopic (exact) mass is 387 g/mol. The van der Waals surface area contributed by atoms with Crippen molar-refractivity contribution in [2.45, 2.75) is 45.2 Å². The second-order valence-corrected chi connectivity index (χ2v) is 7.59. The molecule has 0 radical (unpaired) electrons. The molecular formula is C24H25N3O2. The molecule has 5 heteroatoms. The summed E-state index contributed by atoms with van der Waals surface area (Å²) in [6, 6.07) is 14.1. The number of aromatic nitrogens is 2. The van der Waals surface area contributed by atoms with Gasteiger partial charge in [-0.05, 0) is 47.6 Å². The third-order valence-electron chi connectivity index (χ3n) is 5.44. The first-order valence-corrected chi connectivity index (χ1v) is 10.1. The lowest BCUT2D eigenvalue weighted by Crippen LogP contribution is -2.23. The zero-order valence-electron chi connectivity index (χ0n) is 16.4. The van der Waals surface area contributed by atoms with Gasteiger partial charge in [0.05, 0.1) is 6.33 Å². The molecule has 1 N–H and O–H groups in total. The molecule has 1 heterocycles. The third kappa shape index (κ3) is 4.99. The van der Waals surface area contributed by atoms with Gasteiger partial charge in [0.15, 0.2) is 5.78 Å². The zero-order valence-corrected chi connectivity index (χ0v) is 16.4. The van der Waals surface area contributed by atoms with Crippen LogP contribution in [0.2, 0.25) is 0 Å². The number of aryl methyl sites for hydroxylation is 2. The van der Waals surface area contributed by atoms with Gasteiger partial charge in [-0.25, -0.2) is 4.98 Å². The fourth-order valence-electron chi connectivity index (χ4n) is 3.76. The van der Waals surface area contributed by atoms with Gasteiger partial charge in [0.2, 0.25) is 5.91 Å². The van der Waals surface area contributed by atoms with Gasteiger partial charge < -0.3 is 9.88 Å². The average molecular weight is 387 g/mol. The molecule has 2 aromatic carbocycles. The number of ketones is 1. The van der Waals surface area contributed by atoms with E-state index in [0.717, 1.165) is 30.5 Å². The van der Waals surface area contributed by atoms with Crippen LogP contribution in [0.25, 0.3) is 0 Å². The van der Waals surface area contributed by atoms with Crippen molar-refractivity contribution in [2.24, 2.45) is 0 Å². The van der Waals surface area contributed by atoms with Crippen LogP contribution in [-0.2, 0) is 30.7 Å². The minimum atomic E-state index is -0.0954. The number of carbonyl (C=O) groups is 2. The molecule has 1 aromatic heterocycles. The molecule has 5 nitrogen and oxygen atoms in total. The molecule has 4 rings (SSSR count). The van der Waals surface area contributed by atoms with Gasteiger partial charge in [0.25, 0.3) is 0 Å². The number of nitrogens with one attached hydrogen (secondary N) is 1. The lowest BCUT2D eigenvalue weighted by atomic mass is 10.0. The Morgan fingerprint density at radius 1 is 0.966 bits per heavy atom. The van der Waals surface area contributed by atoms with Crippen LogP contribution in [0.1, 0.15) is 51.9 Å². The predicted molar refractivity (Wildman–Crippen MR) is 112 cm³/mol. The summed E-state index contributed by atoms with van der Waals surface area (Å²) < 4.78 is 2.01. The first-order valence-electron chi connectivity index (χ1n) is 10.1. The Labute approximate surface area is 170 Å². The van der Waals surface area contributed by atoms with E-state index in [2.05, 4.69) is 28.5 Å². The highest BCUT2D eigenvalue weighted by atomic mass is 16.2. The quantitative estimate of drug-likeness (QED) is 0.600.